The first kappa shape index (κ1) is 22.5. The number of rotatable bonds is 6. The van der Waals surface area contributed by atoms with Crippen molar-refractivity contribution in [2.24, 2.45) is 0 Å². The number of piperazine rings is 1. The quantitative estimate of drug-likeness (QED) is 0.552. The lowest BCUT2D eigenvalue weighted by atomic mass is 9.90. The zero-order valence-corrected chi connectivity index (χ0v) is 19.5. The van der Waals surface area contributed by atoms with Crippen molar-refractivity contribution in [1.82, 2.24) is 19.8 Å². The summed E-state index contributed by atoms with van der Waals surface area (Å²) in [7, 11) is 2.09. The zero-order chi connectivity index (χ0) is 23.5. The lowest BCUT2D eigenvalue weighted by Gasteiger charge is -2.38. The molecule has 0 N–H and O–H groups in total. The average Bonchev–Trinajstić information content (AvgIpc) is 2.83. The summed E-state index contributed by atoms with van der Waals surface area (Å²) >= 11 is 0. The second-order valence-electron chi connectivity index (χ2n) is 9.21. The first-order valence-electron chi connectivity index (χ1n) is 12.0. The van der Waals surface area contributed by atoms with Gasteiger partial charge in [0.25, 0.3) is 5.91 Å². The van der Waals surface area contributed by atoms with Gasteiger partial charge in [-0.05, 0) is 44.0 Å². The Balaban J connectivity index is 1.53. The highest BCUT2D eigenvalue weighted by Crippen LogP contribution is 2.32. The van der Waals surface area contributed by atoms with Crippen molar-refractivity contribution in [2.75, 3.05) is 38.1 Å². The highest BCUT2D eigenvalue weighted by molar-refractivity contribution is 6.00. The van der Waals surface area contributed by atoms with Gasteiger partial charge in [0.1, 0.15) is 5.82 Å². The van der Waals surface area contributed by atoms with Gasteiger partial charge < -0.3 is 14.7 Å². The summed E-state index contributed by atoms with van der Waals surface area (Å²) in [6, 6.07) is 16.7. The molecule has 0 radical (unpaired) electrons. The summed E-state index contributed by atoms with van der Waals surface area (Å²) in [6.07, 6.45) is 4.67. The molecule has 1 saturated carbocycles. The molecule has 2 aliphatic rings. The van der Waals surface area contributed by atoms with E-state index in [4.69, 9.17) is 4.98 Å². The van der Waals surface area contributed by atoms with Gasteiger partial charge in [-0.1, -0.05) is 42.5 Å². The van der Waals surface area contributed by atoms with Crippen LogP contribution in [-0.2, 0) is 6.54 Å². The van der Waals surface area contributed by atoms with Crippen molar-refractivity contribution < 1.29 is 9.18 Å². The molecule has 0 unspecified atom stereocenters. The zero-order valence-electron chi connectivity index (χ0n) is 19.5. The Labute approximate surface area is 200 Å². The van der Waals surface area contributed by atoms with E-state index in [9.17, 15) is 9.18 Å². The Bertz CT molecular complexity index is 1140. The predicted octanol–water partition coefficient (Wildman–Crippen LogP) is 4.23. The fraction of sp³-hybridized carbons (Fsp3) is 0.370. The number of aromatic nitrogens is 2. The van der Waals surface area contributed by atoms with Crippen LogP contribution in [0, 0.1) is 5.82 Å². The van der Waals surface area contributed by atoms with E-state index in [2.05, 4.69) is 21.8 Å². The van der Waals surface area contributed by atoms with Gasteiger partial charge in [-0.2, -0.15) is 0 Å². The molecule has 0 spiro atoms. The maximum Gasteiger partial charge on any atom is 0.258 e. The maximum absolute atomic E-state index is 14.9. The molecule has 34 heavy (non-hydrogen) atoms. The van der Waals surface area contributed by atoms with Crippen LogP contribution in [-0.4, -0.2) is 64.9 Å². The van der Waals surface area contributed by atoms with Gasteiger partial charge in [0.05, 0.1) is 11.3 Å². The van der Waals surface area contributed by atoms with Crippen molar-refractivity contribution in [1.29, 1.82) is 0 Å². The Kier molecular flexibility index (Phi) is 6.54. The second kappa shape index (κ2) is 9.89. The van der Waals surface area contributed by atoms with Crippen molar-refractivity contribution >= 4 is 11.9 Å². The fourth-order valence-corrected chi connectivity index (χ4v) is 4.55. The number of amides is 1. The van der Waals surface area contributed by atoms with E-state index in [-0.39, 0.29) is 11.9 Å². The summed E-state index contributed by atoms with van der Waals surface area (Å²) in [4.78, 5) is 29.6. The minimum Gasteiger partial charge on any atom is -0.338 e. The van der Waals surface area contributed by atoms with Crippen LogP contribution in [0.5, 0.6) is 0 Å². The third kappa shape index (κ3) is 4.66. The van der Waals surface area contributed by atoms with Crippen LogP contribution in [0.15, 0.2) is 60.8 Å². The van der Waals surface area contributed by atoms with Crippen molar-refractivity contribution in [3.05, 3.63) is 77.7 Å². The van der Waals surface area contributed by atoms with Gasteiger partial charge in [0, 0.05) is 50.5 Å². The second-order valence-corrected chi connectivity index (χ2v) is 9.21. The molecule has 0 atom stereocenters. The molecular weight excluding hydrogens is 429 g/mol. The molecule has 3 aromatic rings. The van der Waals surface area contributed by atoms with Gasteiger partial charge in [-0.15, -0.1) is 0 Å². The molecule has 1 aliphatic carbocycles. The summed E-state index contributed by atoms with van der Waals surface area (Å²) < 4.78 is 14.9. The average molecular weight is 460 g/mol. The minimum absolute atomic E-state index is 0.142. The maximum atomic E-state index is 14.9. The van der Waals surface area contributed by atoms with Gasteiger partial charge in [0.2, 0.25) is 5.95 Å². The van der Waals surface area contributed by atoms with E-state index in [0.29, 0.717) is 29.3 Å². The number of nitrogens with zero attached hydrogens (tertiary/aromatic N) is 5. The van der Waals surface area contributed by atoms with Gasteiger partial charge in [-0.25, -0.2) is 14.4 Å². The van der Waals surface area contributed by atoms with Crippen molar-refractivity contribution in [3.8, 4) is 11.3 Å². The molecule has 176 valence electrons. The monoisotopic (exact) mass is 459 g/mol. The van der Waals surface area contributed by atoms with Gasteiger partial charge >= 0.3 is 0 Å². The van der Waals surface area contributed by atoms with Gasteiger partial charge in [-0.3, -0.25) is 4.79 Å². The summed E-state index contributed by atoms with van der Waals surface area (Å²) in [6.45, 7) is 3.92. The standard InChI is InChI=1S/C27H30FN5O/c1-31-14-16-32(17-15-31)27-29-18-23(25(30-27)22-12-5-6-13-24(22)28)26(34)33(21-10-7-11-21)19-20-8-3-2-4-9-20/h2-6,8-9,12-13,18,21H,7,10-11,14-17,19H2,1H3. The fourth-order valence-electron chi connectivity index (χ4n) is 4.55. The third-order valence-corrected chi connectivity index (χ3v) is 6.89. The van der Waals surface area contributed by atoms with Crippen LogP contribution in [0.25, 0.3) is 11.3 Å². The van der Waals surface area contributed by atoms with Crippen molar-refractivity contribution in [2.45, 2.75) is 31.8 Å². The van der Waals surface area contributed by atoms with E-state index in [1.807, 2.05) is 35.2 Å². The number of anilines is 1. The Hall–Kier alpha value is -3.32. The summed E-state index contributed by atoms with van der Waals surface area (Å²) in [5.41, 5.74) is 2.12. The number of halogens is 1. The largest absolute Gasteiger partial charge is 0.338 e. The van der Waals surface area contributed by atoms with E-state index in [1.165, 1.54) is 6.07 Å². The topological polar surface area (TPSA) is 52.6 Å². The number of likely N-dealkylation sites (N-methyl/N-ethyl adjacent to an activating group) is 1. The number of hydrogen-bond acceptors (Lipinski definition) is 5. The molecule has 1 saturated heterocycles. The van der Waals surface area contributed by atoms with Crippen LogP contribution in [0.1, 0.15) is 35.2 Å². The molecule has 2 heterocycles. The molecule has 6 nitrogen and oxygen atoms in total. The lowest BCUT2D eigenvalue weighted by Crippen LogP contribution is -2.45. The predicted molar refractivity (Wildman–Crippen MR) is 131 cm³/mol. The number of carbonyl (C=O) groups is 1. The Morgan fingerprint density at radius 3 is 2.41 bits per heavy atom. The highest BCUT2D eigenvalue weighted by atomic mass is 19.1. The molecule has 5 rings (SSSR count). The van der Waals surface area contributed by atoms with Crippen LogP contribution >= 0.6 is 0 Å². The molecule has 1 aromatic heterocycles. The SMILES string of the molecule is CN1CCN(c2ncc(C(=O)N(Cc3ccccc3)C3CCC3)c(-c3ccccc3F)n2)CC1. The summed E-state index contributed by atoms with van der Waals surface area (Å²) in [5.74, 6) is 0.00993. The molecule has 1 amide bonds. The molecule has 2 aromatic carbocycles. The molecule has 1 aliphatic heterocycles. The first-order valence-corrected chi connectivity index (χ1v) is 12.0. The number of benzene rings is 2. The normalized spacial score (nSPS) is 16.8. The van der Waals surface area contributed by atoms with Crippen LogP contribution in [0.4, 0.5) is 10.3 Å². The number of hydrogen-bond donors (Lipinski definition) is 0. The minimum atomic E-state index is -0.391. The molecule has 7 heteroatoms. The smallest absolute Gasteiger partial charge is 0.258 e. The Morgan fingerprint density at radius 2 is 1.74 bits per heavy atom. The van der Waals surface area contributed by atoms with Gasteiger partial charge in [0.15, 0.2) is 0 Å². The van der Waals surface area contributed by atoms with E-state index in [0.717, 1.165) is 51.0 Å². The van der Waals surface area contributed by atoms with Crippen molar-refractivity contribution in [3.63, 3.8) is 0 Å². The third-order valence-electron chi connectivity index (χ3n) is 6.89. The van der Waals surface area contributed by atoms with Crippen LogP contribution < -0.4 is 4.90 Å². The first-order chi connectivity index (χ1) is 16.6. The molecule has 2 fully saturated rings. The lowest BCUT2D eigenvalue weighted by molar-refractivity contribution is 0.0557. The molecular formula is C27H30FN5O. The van der Waals surface area contributed by atoms with Crippen LogP contribution in [0.3, 0.4) is 0 Å². The Morgan fingerprint density at radius 1 is 1.03 bits per heavy atom. The van der Waals surface area contributed by atoms with E-state index in [1.54, 1.807) is 24.4 Å². The van der Waals surface area contributed by atoms with E-state index >= 15 is 0 Å². The number of carbonyl (C=O) groups excluding carboxylic acids is 1. The van der Waals surface area contributed by atoms with Crippen LogP contribution in [0.2, 0.25) is 0 Å². The molecule has 0 bridgehead atoms. The summed E-state index contributed by atoms with van der Waals surface area (Å²) in [5, 5.41) is 0. The van der Waals surface area contributed by atoms with E-state index < -0.39 is 5.82 Å². The highest BCUT2D eigenvalue weighted by Gasteiger charge is 2.32.